The summed E-state index contributed by atoms with van der Waals surface area (Å²) in [4.78, 5) is 4.36. The van der Waals surface area contributed by atoms with Crippen LogP contribution in [0.15, 0.2) is 53.1 Å². The third-order valence-electron chi connectivity index (χ3n) is 3.92. The highest BCUT2D eigenvalue weighted by Gasteiger charge is 2.13. The van der Waals surface area contributed by atoms with Crippen molar-refractivity contribution in [1.29, 1.82) is 0 Å². The van der Waals surface area contributed by atoms with Crippen molar-refractivity contribution < 1.29 is 9.90 Å². The molecule has 0 saturated carbocycles. The monoisotopic (exact) mass is 291 g/mol. The topological polar surface area (TPSA) is 26.0 Å². The second kappa shape index (κ2) is 4.70. The van der Waals surface area contributed by atoms with Crippen LogP contribution in [-0.2, 0) is 0 Å². The molecule has 0 radical (unpaired) electrons. The van der Waals surface area contributed by atoms with Crippen LogP contribution < -0.4 is 0 Å². The van der Waals surface area contributed by atoms with E-state index in [9.17, 15) is 0 Å². The fraction of sp³-hybridized carbons (Fsp3) is 0.150. The van der Waals surface area contributed by atoms with Gasteiger partial charge < -0.3 is 4.42 Å². The Balaban J connectivity index is 1.96. The predicted octanol–water partition coefficient (Wildman–Crippen LogP) is 5.57. The van der Waals surface area contributed by atoms with Crippen LogP contribution in [0.2, 0.25) is 0 Å². The maximum absolute atomic E-state index is 7.70. The summed E-state index contributed by atoms with van der Waals surface area (Å²) >= 11 is 0. The van der Waals surface area contributed by atoms with Gasteiger partial charge in [-0.1, -0.05) is 24.3 Å². The first-order chi connectivity index (χ1) is 12.4. The molecule has 0 spiro atoms. The molecule has 0 amide bonds. The molecule has 2 aromatic heterocycles. The first-order valence-electron chi connectivity index (χ1n) is 9.30. The molecule has 2 heterocycles. The summed E-state index contributed by atoms with van der Waals surface area (Å²) in [5, 5.41) is 2.03. The molecule has 0 saturated heterocycles. The number of hydrogen-bond donors (Lipinski definition) is 0. The highest BCUT2D eigenvalue weighted by atomic mass is 16.3. The Kier molecular flexibility index (Phi) is 2.01. The SMILES string of the molecule is [2H]Cc1cc(-c2cccc3c2oc2cc(C)ccc23)ncc1C([2H])([2H])[2H]. The van der Waals surface area contributed by atoms with E-state index in [4.69, 9.17) is 9.90 Å². The molecule has 4 rings (SSSR count). The molecule has 2 nitrogen and oxygen atoms in total. The molecule has 0 aliphatic carbocycles. The largest absolute Gasteiger partial charge is 0.455 e. The van der Waals surface area contributed by atoms with E-state index in [-0.39, 0.29) is 12.5 Å². The zero-order valence-corrected chi connectivity index (χ0v) is 12.2. The number of pyridine rings is 1. The van der Waals surface area contributed by atoms with Crippen LogP contribution in [0.4, 0.5) is 0 Å². The molecule has 2 aromatic carbocycles. The molecule has 0 aliphatic rings. The molecule has 0 N–H and O–H groups in total. The summed E-state index contributed by atoms with van der Waals surface area (Å²) in [5.74, 6) is 0. The van der Waals surface area contributed by atoms with Gasteiger partial charge in [-0.25, -0.2) is 0 Å². The van der Waals surface area contributed by atoms with Crippen LogP contribution in [0.25, 0.3) is 33.2 Å². The Morgan fingerprint density at radius 2 is 2.00 bits per heavy atom. The molecule has 0 bridgehead atoms. The van der Waals surface area contributed by atoms with E-state index in [2.05, 4.69) is 4.98 Å². The van der Waals surface area contributed by atoms with Crippen LogP contribution in [0.5, 0.6) is 0 Å². The molecule has 4 aromatic rings. The zero-order valence-electron chi connectivity index (χ0n) is 16.2. The lowest BCUT2D eigenvalue weighted by Crippen LogP contribution is -1.88. The van der Waals surface area contributed by atoms with E-state index in [1.807, 2.05) is 43.3 Å². The Hall–Kier alpha value is -2.61. The van der Waals surface area contributed by atoms with Crippen LogP contribution in [0.1, 0.15) is 22.2 Å². The molecule has 22 heavy (non-hydrogen) atoms. The number of aryl methyl sites for hydroxylation is 3. The van der Waals surface area contributed by atoms with E-state index in [1.54, 1.807) is 6.07 Å². The number of rotatable bonds is 1. The van der Waals surface area contributed by atoms with E-state index in [0.29, 0.717) is 11.3 Å². The van der Waals surface area contributed by atoms with Crippen molar-refractivity contribution in [1.82, 2.24) is 4.98 Å². The van der Waals surface area contributed by atoms with Crippen molar-refractivity contribution in [2.24, 2.45) is 0 Å². The first kappa shape index (κ1) is 9.42. The van der Waals surface area contributed by atoms with Crippen molar-refractivity contribution in [3.05, 3.63) is 65.4 Å². The number of furan rings is 1. The van der Waals surface area contributed by atoms with Gasteiger partial charge in [-0.15, -0.1) is 0 Å². The molecule has 108 valence electrons. The van der Waals surface area contributed by atoms with Crippen molar-refractivity contribution in [3.8, 4) is 11.3 Å². The number of fused-ring (bicyclic) bond motifs is 3. The standard InChI is InChI=1S/C20H17NO/c1-12-7-8-15-16-5-4-6-17(20(16)22-19(15)9-12)18-10-13(2)14(3)11-21-18/h4-11H,1-3H3/i2D,3D3. The molecule has 0 atom stereocenters. The lowest BCUT2D eigenvalue weighted by atomic mass is 10.0. The van der Waals surface area contributed by atoms with Gasteiger partial charge in [0.05, 0.1) is 5.69 Å². The normalized spacial score (nSPS) is 14.6. The fourth-order valence-electron chi connectivity index (χ4n) is 2.75. The third kappa shape index (κ3) is 1.92. The minimum Gasteiger partial charge on any atom is -0.455 e. The fourth-order valence-corrected chi connectivity index (χ4v) is 2.75. The van der Waals surface area contributed by atoms with Gasteiger partial charge in [0.2, 0.25) is 0 Å². The number of para-hydroxylation sites is 1. The average Bonchev–Trinajstić information content (AvgIpc) is 2.97. The van der Waals surface area contributed by atoms with Crippen LogP contribution in [0, 0.1) is 20.7 Å². The number of benzene rings is 2. The van der Waals surface area contributed by atoms with Crippen LogP contribution >= 0.6 is 0 Å². The minimum atomic E-state index is -2.27. The van der Waals surface area contributed by atoms with E-state index < -0.39 is 6.85 Å². The second-order valence-corrected chi connectivity index (χ2v) is 5.51. The smallest absolute Gasteiger partial charge is 0.144 e. The summed E-state index contributed by atoms with van der Waals surface area (Å²) in [7, 11) is 0. The van der Waals surface area contributed by atoms with Gasteiger partial charge in [0.25, 0.3) is 0 Å². The van der Waals surface area contributed by atoms with Gasteiger partial charge in [0.1, 0.15) is 11.2 Å². The first-order valence-corrected chi connectivity index (χ1v) is 7.09. The van der Waals surface area contributed by atoms with Gasteiger partial charge in [-0.05, 0) is 55.6 Å². The maximum Gasteiger partial charge on any atom is 0.144 e. The summed E-state index contributed by atoms with van der Waals surface area (Å²) in [6.45, 7) is -0.369. The lowest BCUT2D eigenvalue weighted by molar-refractivity contribution is 0.669. The quantitative estimate of drug-likeness (QED) is 0.458. The van der Waals surface area contributed by atoms with Crippen LogP contribution in [-0.4, -0.2) is 4.98 Å². The second-order valence-electron chi connectivity index (χ2n) is 5.51. The van der Waals surface area contributed by atoms with Gasteiger partial charge in [-0.2, -0.15) is 0 Å². The number of aromatic nitrogens is 1. The maximum atomic E-state index is 7.70. The predicted molar refractivity (Wildman–Crippen MR) is 91.2 cm³/mol. The van der Waals surface area contributed by atoms with Crippen molar-refractivity contribution in [3.63, 3.8) is 0 Å². The van der Waals surface area contributed by atoms with Gasteiger partial charge >= 0.3 is 0 Å². The van der Waals surface area contributed by atoms with Crippen molar-refractivity contribution in [2.45, 2.75) is 20.7 Å². The van der Waals surface area contributed by atoms with Gasteiger partial charge in [0.15, 0.2) is 0 Å². The molecular formula is C20H17NO. The Bertz CT molecular complexity index is 1130. The summed E-state index contributed by atoms with van der Waals surface area (Å²) in [5.41, 5.74) is 4.65. The molecule has 0 aliphatic heterocycles. The van der Waals surface area contributed by atoms with E-state index in [0.717, 1.165) is 33.1 Å². The van der Waals surface area contributed by atoms with Crippen molar-refractivity contribution >= 4 is 21.9 Å². The van der Waals surface area contributed by atoms with Gasteiger partial charge in [-0.3, -0.25) is 4.98 Å². The van der Waals surface area contributed by atoms with Crippen molar-refractivity contribution in [2.75, 3.05) is 0 Å². The number of hydrogen-bond acceptors (Lipinski definition) is 2. The zero-order chi connectivity index (χ0) is 18.5. The van der Waals surface area contributed by atoms with E-state index in [1.165, 1.54) is 6.20 Å². The highest BCUT2D eigenvalue weighted by molar-refractivity contribution is 6.09. The van der Waals surface area contributed by atoms with E-state index >= 15 is 0 Å². The highest BCUT2D eigenvalue weighted by Crippen LogP contribution is 2.35. The summed E-state index contributed by atoms with van der Waals surface area (Å²) in [6.07, 6.45) is 1.36. The lowest BCUT2D eigenvalue weighted by Gasteiger charge is -2.05. The number of nitrogens with zero attached hydrogens (tertiary/aromatic N) is 1. The Morgan fingerprint density at radius 1 is 1.05 bits per heavy atom. The average molecular weight is 291 g/mol. The molecule has 0 fully saturated rings. The summed E-state index contributed by atoms with van der Waals surface area (Å²) < 4.78 is 36.6. The Labute approximate surface area is 135 Å². The molecule has 0 unspecified atom stereocenters. The van der Waals surface area contributed by atoms with Crippen LogP contribution in [0.3, 0.4) is 0 Å². The Morgan fingerprint density at radius 3 is 2.86 bits per heavy atom. The van der Waals surface area contributed by atoms with Gasteiger partial charge in [0, 0.05) is 28.0 Å². The third-order valence-corrected chi connectivity index (χ3v) is 3.92. The molecular weight excluding hydrogens is 270 g/mol. The minimum absolute atomic E-state index is 0.113. The molecule has 2 heteroatoms. The summed E-state index contributed by atoms with van der Waals surface area (Å²) in [6, 6.07) is 13.6.